The van der Waals surface area contributed by atoms with Crippen molar-refractivity contribution < 1.29 is 37.3 Å². The summed E-state index contributed by atoms with van der Waals surface area (Å²) in [5, 5.41) is 16.1. The second-order valence-electron chi connectivity index (χ2n) is 11.0. The first-order valence-electron chi connectivity index (χ1n) is 14.9. The van der Waals surface area contributed by atoms with Crippen LogP contribution in [-0.2, 0) is 29.5 Å². The molecule has 0 aliphatic carbocycles. The number of aromatic amines is 1. The molecule has 12 heteroatoms. The molecule has 5 rings (SSSR count). The second kappa shape index (κ2) is 14.1. The second-order valence-corrected chi connectivity index (χ2v) is 11.4. The van der Waals surface area contributed by atoms with E-state index in [9.17, 15) is 18.0 Å². The van der Waals surface area contributed by atoms with E-state index < -0.39 is 24.9 Å². The average molecular weight is 658 g/mol. The standard InChI is InChI=1S/C34H35ClF3N3O5/c1-4-45-33(43)32-24(8-6-15-46-28-9-5-7-21-17-22(36)10-11-23(21)28)25-12-13-26(35)30(31(25)39-32)29-20(2)41(3)40-27(29)18-44-16-14-34(37,38)19-42/h5,7,9-13,17,39,42H,4,6,8,14-16,18-19H2,1-3H3. The molecule has 5 aromatic rings. The SMILES string of the molecule is CCOC(=O)c1[nH]c2c(-c3c(COCCC(F)(F)CO)nn(C)c3C)c(Cl)ccc2c1CCCOc1cccc2cc(F)ccc12. The molecule has 2 aromatic heterocycles. The van der Waals surface area contributed by atoms with Crippen LogP contribution in [0.25, 0.3) is 32.8 Å². The quantitative estimate of drug-likeness (QED) is 0.0946. The fourth-order valence-electron chi connectivity index (χ4n) is 5.53. The molecular weight excluding hydrogens is 623 g/mol. The van der Waals surface area contributed by atoms with Gasteiger partial charge >= 0.3 is 5.97 Å². The maximum atomic E-state index is 13.7. The predicted octanol–water partition coefficient (Wildman–Crippen LogP) is 7.55. The number of aliphatic hydroxyl groups excluding tert-OH is 1. The fraction of sp³-hybridized carbons (Fsp3) is 0.353. The summed E-state index contributed by atoms with van der Waals surface area (Å²) in [6.45, 7) is 2.51. The van der Waals surface area contributed by atoms with E-state index in [1.54, 1.807) is 30.8 Å². The lowest BCUT2D eigenvalue weighted by atomic mass is 9.98. The zero-order chi connectivity index (χ0) is 33.0. The van der Waals surface area contributed by atoms with E-state index in [0.717, 1.165) is 27.4 Å². The van der Waals surface area contributed by atoms with E-state index in [4.69, 9.17) is 30.9 Å². The van der Waals surface area contributed by atoms with Crippen molar-refractivity contribution in [1.29, 1.82) is 0 Å². The van der Waals surface area contributed by atoms with Gasteiger partial charge in [0.1, 0.15) is 23.9 Å². The Morgan fingerprint density at radius 1 is 1.11 bits per heavy atom. The lowest BCUT2D eigenvalue weighted by Gasteiger charge is -2.13. The van der Waals surface area contributed by atoms with Gasteiger partial charge in [0, 0.05) is 41.1 Å². The third-order valence-electron chi connectivity index (χ3n) is 7.88. The van der Waals surface area contributed by atoms with Crippen molar-refractivity contribution in [2.24, 2.45) is 7.05 Å². The summed E-state index contributed by atoms with van der Waals surface area (Å²) in [6, 6.07) is 13.6. The highest BCUT2D eigenvalue weighted by atomic mass is 35.5. The fourth-order valence-corrected chi connectivity index (χ4v) is 5.78. The number of carbonyl (C=O) groups excluding carboxylic acids is 1. The first-order valence-corrected chi connectivity index (χ1v) is 15.3. The van der Waals surface area contributed by atoms with Gasteiger partial charge in [-0.25, -0.2) is 18.0 Å². The summed E-state index contributed by atoms with van der Waals surface area (Å²) in [5.74, 6) is -3.43. The maximum absolute atomic E-state index is 13.7. The molecule has 2 heterocycles. The number of esters is 1. The van der Waals surface area contributed by atoms with Gasteiger partial charge in [-0.15, -0.1) is 0 Å². The molecule has 0 bridgehead atoms. The summed E-state index contributed by atoms with van der Waals surface area (Å²) in [7, 11) is 1.76. The highest BCUT2D eigenvalue weighted by Crippen LogP contribution is 2.41. The van der Waals surface area contributed by atoms with Crippen LogP contribution in [0.1, 0.15) is 47.2 Å². The Hall–Kier alpha value is -4.06. The molecule has 0 spiro atoms. The minimum absolute atomic E-state index is 0.0678. The van der Waals surface area contributed by atoms with E-state index in [1.807, 2.05) is 31.2 Å². The number of nitrogens with zero attached hydrogens (tertiary/aromatic N) is 2. The topological polar surface area (TPSA) is 98.6 Å². The van der Waals surface area contributed by atoms with Crippen LogP contribution in [0.15, 0.2) is 48.5 Å². The minimum Gasteiger partial charge on any atom is -0.493 e. The molecule has 0 fully saturated rings. The Morgan fingerprint density at radius 3 is 2.65 bits per heavy atom. The van der Waals surface area contributed by atoms with E-state index in [2.05, 4.69) is 10.1 Å². The van der Waals surface area contributed by atoms with Crippen LogP contribution >= 0.6 is 11.6 Å². The first-order chi connectivity index (χ1) is 22.0. The van der Waals surface area contributed by atoms with E-state index in [0.29, 0.717) is 58.3 Å². The van der Waals surface area contributed by atoms with Crippen molar-refractivity contribution >= 4 is 39.2 Å². The number of aryl methyl sites for hydroxylation is 2. The number of halogens is 4. The van der Waals surface area contributed by atoms with Gasteiger partial charge in [0.2, 0.25) is 0 Å². The number of aromatic nitrogens is 3. The number of benzene rings is 3. The molecule has 3 aromatic carbocycles. The molecule has 0 amide bonds. The molecule has 8 nitrogen and oxygen atoms in total. The molecule has 0 radical (unpaired) electrons. The number of aliphatic hydroxyl groups is 1. The number of carbonyl (C=O) groups is 1. The van der Waals surface area contributed by atoms with Crippen molar-refractivity contribution in [3.8, 4) is 16.9 Å². The van der Waals surface area contributed by atoms with E-state index >= 15 is 0 Å². The summed E-state index contributed by atoms with van der Waals surface area (Å²) in [6.07, 6.45) is 0.390. The number of fused-ring (bicyclic) bond motifs is 2. The molecule has 244 valence electrons. The van der Waals surface area contributed by atoms with Crippen LogP contribution in [0.4, 0.5) is 13.2 Å². The highest BCUT2D eigenvalue weighted by molar-refractivity contribution is 6.35. The third-order valence-corrected chi connectivity index (χ3v) is 8.20. The molecule has 0 atom stereocenters. The van der Waals surface area contributed by atoms with Gasteiger partial charge in [0.25, 0.3) is 5.92 Å². The third kappa shape index (κ3) is 7.01. The zero-order valence-electron chi connectivity index (χ0n) is 25.8. The Balaban J connectivity index is 1.45. The molecule has 46 heavy (non-hydrogen) atoms. The molecule has 2 N–H and O–H groups in total. The number of hydrogen-bond donors (Lipinski definition) is 2. The van der Waals surface area contributed by atoms with Gasteiger partial charge in [0.05, 0.1) is 42.7 Å². The van der Waals surface area contributed by atoms with Crippen molar-refractivity contribution in [2.75, 3.05) is 26.4 Å². The molecule has 0 saturated carbocycles. The van der Waals surface area contributed by atoms with Crippen molar-refractivity contribution in [2.45, 2.75) is 45.6 Å². The van der Waals surface area contributed by atoms with Crippen LogP contribution in [-0.4, -0.2) is 58.2 Å². The monoisotopic (exact) mass is 657 g/mol. The van der Waals surface area contributed by atoms with Crippen LogP contribution < -0.4 is 4.74 Å². The van der Waals surface area contributed by atoms with Gasteiger partial charge in [-0.3, -0.25) is 4.68 Å². The molecule has 0 aliphatic rings. The van der Waals surface area contributed by atoms with E-state index in [-0.39, 0.29) is 25.6 Å². The summed E-state index contributed by atoms with van der Waals surface area (Å²) in [4.78, 5) is 16.4. The van der Waals surface area contributed by atoms with Gasteiger partial charge in [-0.2, -0.15) is 5.10 Å². The number of hydrogen-bond acceptors (Lipinski definition) is 6. The normalized spacial score (nSPS) is 11.9. The van der Waals surface area contributed by atoms with Crippen LogP contribution in [0.2, 0.25) is 5.02 Å². The van der Waals surface area contributed by atoms with Gasteiger partial charge < -0.3 is 24.3 Å². The lowest BCUT2D eigenvalue weighted by molar-refractivity contribution is -0.0739. The lowest BCUT2D eigenvalue weighted by Crippen LogP contribution is -2.23. The molecule has 0 saturated heterocycles. The van der Waals surface area contributed by atoms with E-state index in [1.165, 1.54) is 12.1 Å². The van der Waals surface area contributed by atoms with Gasteiger partial charge in [-0.1, -0.05) is 29.8 Å². The summed E-state index contributed by atoms with van der Waals surface area (Å²) >= 11 is 6.80. The summed E-state index contributed by atoms with van der Waals surface area (Å²) < 4.78 is 59.4. The Morgan fingerprint density at radius 2 is 1.89 bits per heavy atom. The number of nitrogens with one attached hydrogen (secondary N) is 1. The zero-order valence-corrected chi connectivity index (χ0v) is 26.5. The first kappa shape index (κ1) is 33.3. The van der Waals surface area contributed by atoms with Crippen LogP contribution in [0.3, 0.4) is 0 Å². The number of ether oxygens (including phenoxy) is 3. The highest BCUT2D eigenvalue weighted by Gasteiger charge is 2.28. The predicted molar refractivity (Wildman–Crippen MR) is 170 cm³/mol. The number of rotatable bonds is 14. The minimum atomic E-state index is -3.23. The van der Waals surface area contributed by atoms with Crippen molar-refractivity contribution in [3.05, 3.63) is 82.0 Å². The van der Waals surface area contributed by atoms with Crippen molar-refractivity contribution in [1.82, 2.24) is 14.8 Å². The Bertz CT molecular complexity index is 1870. The van der Waals surface area contributed by atoms with Crippen LogP contribution in [0.5, 0.6) is 5.75 Å². The number of H-pyrrole nitrogens is 1. The van der Waals surface area contributed by atoms with Gasteiger partial charge in [-0.05, 0) is 68.0 Å². The summed E-state index contributed by atoms with van der Waals surface area (Å²) in [5.41, 5.74) is 4.13. The number of alkyl halides is 2. The molecule has 0 unspecified atom stereocenters. The molecule has 0 aliphatic heterocycles. The maximum Gasteiger partial charge on any atom is 0.355 e. The molecular formula is C34H35ClF3N3O5. The smallest absolute Gasteiger partial charge is 0.355 e. The Labute approximate surface area is 269 Å². The van der Waals surface area contributed by atoms with Crippen molar-refractivity contribution in [3.63, 3.8) is 0 Å². The van der Waals surface area contributed by atoms with Crippen LogP contribution in [0, 0.1) is 12.7 Å². The van der Waals surface area contributed by atoms with Gasteiger partial charge in [0.15, 0.2) is 0 Å². The Kier molecular flexibility index (Phi) is 10.2. The largest absolute Gasteiger partial charge is 0.493 e. The average Bonchev–Trinajstić information content (AvgIpc) is 3.53.